The van der Waals surface area contributed by atoms with Gasteiger partial charge in [0.25, 0.3) is 0 Å². The highest BCUT2D eigenvalue weighted by Gasteiger charge is 2.25. The first-order valence-electron chi connectivity index (χ1n) is 17.3. The second-order valence-electron chi connectivity index (χ2n) is 13.5. The summed E-state index contributed by atoms with van der Waals surface area (Å²) in [5.41, 5.74) is 15.0. The van der Waals surface area contributed by atoms with E-state index in [0.717, 1.165) is 17.1 Å². The maximum Gasteiger partial charge on any atom is 0.0546 e. The molecule has 0 spiro atoms. The summed E-state index contributed by atoms with van der Waals surface area (Å²) in [5.74, 6) is 0. The zero-order valence-electron chi connectivity index (χ0n) is 27.8. The van der Waals surface area contributed by atoms with Crippen LogP contribution in [0.1, 0.15) is 5.56 Å². The quantitative estimate of drug-likeness (QED) is 0.182. The van der Waals surface area contributed by atoms with Crippen LogP contribution in [-0.4, -0.2) is 0 Å². The van der Waals surface area contributed by atoms with Gasteiger partial charge in [-0.1, -0.05) is 127 Å². The first kappa shape index (κ1) is 28.6. The van der Waals surface area contributed by atoms with Gasteiger partial charge in [-0.05, 0) is 139 Å². The third-order valence-electron chi connectivity index (χ3n) is 10.4. The van der Waals surface area contributed by atoms with Crippen molar-refractivity contribution in [1.82, 2.24) is 0 Å². The van der Waals surface area contributed by atoms with Gasteiger partial charge in [0.05, 0.1) is 5.69 Å². The van der Waals surface area contributed by atoms with E-state index >= 15 is 0 Å². The molecule has 0 fully saturated rings. The second kappa shape index (κ2) is 11.3. The van der Waals surface area contributed by atoms with E-state index in [4.69, 9.17) is 0 Å². The van der Waals surface area contributed by atoms with Crippen LogP contribution < -0.4 is 4.90 Å². The fourth-order valence-electron chi connectivity index (χ4n) is 7.84. The Hall–Kier alpha value is -6.44. The standard InChI is InChI=1S/C49H33N/c1-32-16-22-41(23-17-32)50(48-25-21-34-12-8-9-15-43(34)49(48)35-13-6-3-7-14-35)42-24-20-38-29-45-44-28-37-19-18-36(33-10-4-2-5-11-33)26-39(37)30-46(44)47(45)31-40(38)27-42/h2-31H,1H3. The summed E-state index contributed by atoms with van der Waals surface area (Å²) in [5, 5.41) is 7.53. The summed E-state index contributed by atoms with van der Waals surface area (Å²) in [6.45, 7) is 2.15. The molecule has 1 aliphatic rings. The Morgan fingerprint density at radius 2 is 0.880 bits per heavy atom. The fraction of sp³-hybridized carbons (Fsp3) is 0.0204. The number of anilines is 3. The van der Waals surface area contributed by atoms with Crippen molar-refractivity contribution < 1.29 is 0 Å². The predicted molar refractivity (Wildman–Crippen MR) is 214 cm³/mol. The minimum Gasteiger partial charge on any atom is -0.310 e. The van der Waals surface area contributed by atoms with Crippen molar-refractivity contribution >= 4 is 49.4 Å². The number of hydrogen-bond donors (Lipinski definition) is 0. The fourth-order valence-corrected chi connectivity index (χ4v) is 7.84. The normalized spacial score (nSPS) is 11.7. The number of nitrogens with zero attached hydrogens (tertiary/aromatic N) is 1. The lowest BCUT2D eigenvalue weighted by molar-refractivity contribution is 1.28. The largest absolute Gasteiger partial charge is 0.310 e. The first-order valence-corrected chi connectivity index (χ1v) is 17.3. The van der Waals surface area contributed by atoms with E-state index in [9.17, 15) is 0 Å². The molecular formula is C49H33N. The molecule has 50 heavy (non-hydrogen) atoms. The van der Waals surface area contributed by atoms with Crippen LogP contribution in [0, 0.1) is 6.92 Å². The Bertz CT molecular complexity index is 2740. The highest BCUT2D eigenvalue weighted by Crippen LogP contribution is 2.51. The van der Waals surface area contributed by atoms with Crippen molar-refractivity contribution in [3.8, 4) is 44.5 Å². The van der Waals surface area contributed by atoms with Crippen molar-refractivity contribution in [3.63, 3.8) is 0 Å². The highest BCUT2D eigenvalue weighted by atomic mass is 15.1. The van der Waals surface area contributed by atoms with E-state index in [-0.39, 0.29) is 0 Å². The lowest BCUT2D eigenvalue weighted by Gasteiger charge is -2.30. The summed E-state index contributed by atoms with van der Waals surface area (Å²) in [6, 6.07) is 66.9. The Kier molecular flexibility index (Phi) is 6.47. The smallest absolute Gasteiger partial charge is 0.0546 e. The van der Waals surface area contributed by atoms with Gasteiger partial charge in [-0.15, -0.1) is 0 Å². The molecule has 1 nitrogen and oxygen atoms in total. The Morgan fingerprint density at radius 1 is 0.340 bits per heavy atom. The van der Waals surface area contributed by atoms with Crippen LogP contribution in [0.5, 0.6) is 0 Å². The van der Waals surface area contributed by atoms with Crippen molar-refractivity contribution in [2.75, 3.05) is 4.90 Å². The van der Waals surface area contributed by atoms with Crippen LogP contribution in [0.25, 0.3) is 76.8 Å². The molecule has 0 aromatic heterocycles. The monoisotopic (exact) mass is 635 g/mol. The van der Waals surface area contributed by atoms with Gasteiger partial charge in [-0.2, -0.15) is 0 Å². The average molecular weight is 636 g/mol. The summed E-state index contributed by atoms with van der Waals surface area (Å²) in [6.07, 6.45) is 0. The molecule has 9 aromatic rings. The van der Waals surface area contributed by atoms with E-state index in [1.54, 1.807) is 0 Å². The van der Waals surface area contributed by atoms with Crippen LogP contribution in [0.15, 0.2) is 182 Å². The van der Waals surface area contributed by atoms with Crippen molar-refractivity contribution in [1.29, 1.82) is 0 Å². The van der Waals surface area contributed by atoms with E-state index in [0.29, 0.717) is 0 Å². The molecule has 1 heteroatoms. The van der Waals surface area contributed by atoms with Crippen molar-refractivity contribution in [2.45, 2.75) is 6.92 Å². The van der Waals surface area contributed by atoms with Crippen LogP contribution in [0.3, 0.4) is 0 Å². The lowest BCUT2D eigenvalue weighted by Crippen LogP contribution is -2.11. The third kappa shape index (κ3) is 4.63. The molecule has 0 unspecified atom stereocenters. The summed E-state index contributed by atoms with van der Waals surface area (Å²) < 4.78 is 0. The molecule has 0 radical (unpaired) electrons. The van der Waals surface area contributed by atoms with Gasteiger partial charge < -0.3 is 4.90 Å². The molecule has 9 aromatic carbocycles. The number of rotatable bonds is 5. The zero-order chi connectivity index (χ0) is 33.2. The van der Waals surface area contributed by atoms with Crippen LogP contribution >= 0.6 is 0 Å². The Morgan fingerprint density at radius 3 is 1.58 bits per heavy atom. The van der Waals surface area contributed by atoms with Gasteiger partial charge in [0.2, 0.25) is 0 Å². The molecule has 0 saturated carbocycles. The first-order chi connectivity index (χ1) is 24.7. The van der Waals surface area contributed by atoms with Crippen LogP contribution in [0.4, 0.5) is 17.1 Å². The zero-order valence-corrected chi connectivity index (χ0v) is 27.8. The van der Waals surface area contributed by atoms with Gasteiger partial charge in [-0.3, -0.25) is 0 Å². The number of aryl methyl sites for hydroxylation is 1. The minimum atomic E-state index is 1.14. The van der Waals surface area contributed by atoms with E-state index in [1.807, 2.05) is 0 Å². The lowest BCUT2D eigenvalue weighted by atomic mass is 9.77. The number of hydrogen-bond acceptors (Lipinski definition) is 1. The molecular weight excluding hydrogens is 603 g/mol. The van der Waals surface area contributed by atoms with Gasteiger partial charge in [0, 0.05) is 16.9 Å². The van der Waals surface area contributed by atoms with Crippen LogP contribution in [0.2, 0.25) is 0 Å². The van der Waals surface area contributed by atoms with Gasteiger partial charge >= 0.3 is 0 Å². The Balaban J connectivity index is 1.13. The third-order valence-corrected chi connectivity index (χ3v) is 10.4. The SMILES string of the molecule is Cc1ccc(N(c2ccc3cc4c(cc3c2)-c2cc3cc(-c5ccccc5)ccc3cc2-4)c2ccc3ccccc3c2-c2ccccc2)cc1. The molecule has 1 aliphatic carbocycles. The van der Waals surface area contributed by atoms with Gasteiger partial charge in [0.15, 0.2) is 0 Å². The predicted octanol–water partition coefficient (Wildman–Crippen LogP) is 13.9. The van der Waals surface area contributed by atoms with Gasteiger partial charge in [0.1, 0.15) is 0 Å². The minimum absolute atomic E-state index is 1.14. The van der Waals surface area contributed by atoms with E-state index < -0.39 is 0 Å². The molecule has 0 N–H and O–H groups in total. The average Bonchev–Trinajstić information content (AvgIpc) is 3.17. The molecule has 0 aliphatic heterocycles. The molecule has 0 saturated heterocycles. The molecule has 0 heterocycles. The summed E-state index contributed by atoms with van der Waals surface area (Å²) in [4.78, 5) is 2.43. The maximum atomic E-state index is 2.43. The molecule has 0 amide bonds. The van der Waals surface area contributed by atoms with Crippen LogP contribution in [-0.2, 0) is 0 Å². The van der Waals surface area contributed by atoms with Crippen molar-refractivity contribution in [3.05, 3.63) is 188 Å². The molecule has 0 atom stereocenters. The molecule has 10 rings (SSSR count). The topological polar surface area (TPSA) is 3.24 Å². The molecule has 0 bridgehead atoms. The van der Waals surface area contributed by atoms with Gasteiger partial charge in [-0.25, -0.2) is 0 Å². The van der Waals surface area contributed by atoms with E-state index in [1.165, 1.54) is 82.4 Å². The van der Waals surface area contributed by atoms with E-state index in [2.05, 4.69) is 194 Å². The number of benzene rings is 9. The molecule has 234 valence electrons. The van der Waals surface area contributed by atoms with Crippen molar-refractivity contribution in [2.24, 2.45) is 0 Å². The summed E-state index contributed by atoms with van der Waals surface area (Å²) >= 11 is 0. The highest BCUT2D eigenvalue weighted by molar-refractivity contribution is 6.13. The Labute approximate surface area is 292 Å². The second-order valence-corrected chi connectivity index (χ2v) is 13.5. The maximum absolute atomic E-state index is 2.43. The number of fused-ring (bicyclic) bond motifs is 7. The summed E-state index contributed by atoms with van der Waals surface area (Å²) in [7, 11) is 0.